The number of hydrogen-bond donors (Lipinski definition) is 3. The Balaban J connectivity index is 1.76. The van der Waals surface area contributed by atoms with Crippen LogP contribution in [0.5, 0.6) is 5.75 Å². The fourth-order valence-electron chi connectivity index (χ4n) is 3.17. The lowest BCUT2D eigenvalue weighted by Crippen LogP contribution is -2.42. The van der Waals surface area contributed by atoms with Gasteiger partial charge in [-0.15, -0.1) is 0 Å². The van der Waals surface area contributed by atoms with Gasteiger partial charge in [0.1, 0.15) is 5.75 Å². The van der Waals surface area contributed by atoms with E-state index in [1.54, 1.807) is 25.1 Å². The fourth-order valence-corrected chi connectivity index (χ4v) is 4.72. The highest BCUT2D eigenvalue weighted by Gasteiger charge is 2.27. The third-order valence-electron chi connectivity index (χ3n) is 4.84. The van der Waals surface area contributed by atoms with Crippen LogP contribution in [0.2, 0.25) is 0 Å². The van der Waals surface area contributed by atoms with Gasteiger partial charge in [0.05, 0.1) is 10.5 Å². The molecule has 0 aliphatic carbocycles. The SMILES string of the molecule is Cc1ccc(S(=O)(=O)N2CCCCC2)cc1C(=O)NNC(=O)c1ccccc1O. The highest BCUT2D eigenvalue weighted by Crippen LogP contribution is 2.23. The average molecular weight is 417 g/mol. The zero-order valence-corrected chi connectivity index (χ0v) is 16.8. The van der Waals surface area contributed by atoms with Crippen LogP contribution in [-0.2, 0) is 10.0 Å². The molecule has 0 unspecified atom stereocenters. The molecule has 29 heavy (non-hydrogen) atoms. The van der Waals surface area contributed by atoms with Crippen molar-refractivity contribution >= 4 is 21.8 Å². The molecule has 0 saturated carbocycles. The van der Waals surface area contributed by atoms with Crippen LogP contribution in [-0.4, -0.2) is 42.7 Å². The summed E-state index contributed by atoms with van der Waals surface area (Å²) in [5.41, 5.74) is 5.21. The first-order valence-corrected chi connectivity index (χ1v) is 10.7. The third kappa shape index (κ3) is 4.57. The molecule has 2 amide bonds. The number of piperidine rings is 1. The number of para-hydroxylation sites is 1. The number of sulfonamides is 1. The van der Waals surface area contributed by atoms with E-state index in [1.807, 2.05) is 0 Å². The van der Waals surface area contributed by atoms with Crippen molar-refractivity contribution in [1.29, 1.82) is 0 Å². The largest absolute Gasteiger partial charge is 0.507 e. The summed E-state index contributed by atoms with van der Waals surface area (Å²) in [5, 5.41) is 9.71. The number of hydrogen-bond acceptors (Lipinski definition) is 5. The smallest absolute Gasteiger partial charge is 0.273 e. The van der Waals surface area contributed by atoms with Gasteiger partial charge in [-0.3, -0.25) is 20.4 Å². The molecular weight excluding hydrogens is 394 g/mol. The molecule has 2 aromatic carbocycles. The Morgan fingerprint density at radius 1 is 0.931 bits per heavy atom. The lowest BCUT2D eigenvalue weighted by Gasteiger charge is -2.26. The minimum absolute atomic E-state index is 0.00551. The number of hydrazine groups is 1. The van der Waals surface area contributed by atoms with Gasteiger partial charge in [0, 0.05) is 18.7 Å². The lowest BCUT2D eigenvalue weighted by atomic mass is 10.1. The van der Waals surface area contributed by atoms with Crippen LogP contribution < -0.4 is 10.9 Å². The Hall–Kier alpha value is -2.91. The lowest BCUT2D eigenvalue weighted by molar-refractivity contribution is 0.0844. The van der Waals surface area contributed by atoms with Crippen LogP contribution in [0.4, 0.5) is 0 Å². The van der Waals surface area contributed by atoms with Crippen molar-refractivity contribution in [3.05, 3.63) is 59.2 Å². The maximum atomic E-state index is 12.9. The van der Waals surface area contributed by atoms with Crippen LogP contribution in [0.15, 0.2) is 47.4 Å². The molecule has 9 heteroatoms. The summed E-state index contributed by atoms with van der Waals surface area (Å²) < 4.78 is 27.2. The third-order valence-corrected chi connectivity index (χ3v) is 6.74. The number of phenols is 1. The molecule has 3 rings (SSSR count). The number of aromatic hydroxyl groups is 1. The van der Waals surface area contributed by atoms with Crippen molar-refractivity contribution in [2.75, 3.05) is 13.1 Å². The van der Waals surface area contributed by atoms with Gasteiger partial charge in [0.15, 0.2) is 0 Å². The van der Waals surface area contributed by atoms with E-state index in [0.29, 0.717) is 18.7 Å². The zero-order chi connectivity index (χ0) is 21.0. The van der Waals surface area contributed by atoms with Gasteiger partial charge in [0.25, 0.3) is 11.8 Å². The van der Waals surface area contributed by atoms with E-state index in [2.05, 4.69) is 10.9 Å². The maximum absolute atomic E-state index is 12.9. The summed E-state index contributed by atoms with van der Waals surface area (Å²) in [5.74, 6) is -1.56. The Morgan fingerprint density at radius 2 is 1.55 bits per heavy atom. The summed E-state index contributed by atoms with van der Waals surface area (Å²) in [6.45, 7) is 2.61. The number of phenolic OH excluding ortho intramolecular Hbond substituents is 1. The topological polar surface area (TPSA) is 116 Å². The van der Waals surface area contributed by atoms with E-state index in [9.17, 15) is 23.1 Å². The number of carbonyl (C=O) groups excluding carboxylic acids is 2. The molecule has 0 atom stereocenters. The molecule has 0 aromatic heterocycles. The second kappa shape index (κ2) is 8.62. The molecule has 0 spiro atoms. The van der Waals surface area contributed by atoms with Gasteiger partial charge >= 0.3 is 0 Å². The van der Waals surface area contributed by atoms with E-state index in [4.69, 9.17) is 0 Å². The fraction of sp³-hybridized carbons (Fsp3) is 0.300. The van der Waals surface area contributed by atoms with Gasteiger partial charge < -0.3 is 5.11 Å². The molecule has 1 fully saturated rings. The molecule has 3 N–H and O–H groups in total. The normalized spacial score (nSPS) is 14.9. The second-order valence-corrected chi connectivity index (χ2v) is 8.80. The number of carbonyl (C=O) groups is 2. The predicted octanol–water partition coefficient (Wildman–Crippen LogP) is 1.95. The summed E-state index contributed by atoms with van der Waals surface area (Å²) in [6, 6.07) is 10.3. The van der Waals surface area contributed by atoms with Gasteiger partial charge in [0.2, 0.25) is 10.0 Å². The molecule has 0 radical (unpaired) electrons. The molecule has 2 aromatic rings. The van der Waals surface area contributed by atoms with E-state index in [-0.39, 0.29) is 21.8 Å². The first kappa shape index (κ1) is 20.8. The number of nitrogens with zero attached hydrogens (tertiary/aromatic N) is 1. The van der Waals surface area contributed by atoms with Crippen LogP contribution in [0.1, 0.15) is 45.5 Å². The second-order valence-electron chi connectivity index (χ2n) is 6.87. The van der Waals surface area contributed by atoms with Crippen molar-refractivity contribution in [3.8, 4) is 5.75 Å². The van der Waals surface area contributed by atoms with Crippen molar-refractivity contribution in [2.45, 2.75) is 31.1 Å². The molecule has 1 aliphatic heterocycles. The first-order chi connectivity index (χ1) is 13.8. The summed E-state index contributed by atoms with van der Waals surface area (Å²) in [4.78, 5) is 24.7. The highest BCUT2D eigenvalue weighted by atomic mass is 32.2. The Labute approximate surface area is 169 Å². The van der Waals surface area contributed by atoms with Crippen LogP contribution in [0, 0.1) is 6.92 Å². The monoisotopic (exact) mass is 417 g/mol. The van der Waals surface area contributed by atoms with Crippen molar-refractivity contribution in [1.82, 2.24) is 15.2 Å². The molecule has 1 heterocycles. The van der Waals surface area contributed by atoms with Gasteiger partial charge in [-0.2, -0.15) is 4.31 Å². The molecule has 0 bridgehead atoms. The Morgan fingerprint density at radius 3 is 2.21 bits per heavy atom. The van der Waals surface area contributed by atoms with E-state index >= 15 is 0 Å². The van der Waals surface area contributed by atoms with E-state index in [1.165, 1.54) is 28.6 Å². The minimum Gasteiger partial charge on any atom is -0.507 e. The number of rotatable bonds is 4. The quantitative estimate of drug-likeness (QED) is 0.658. The van der Waals surface area contributed by atoms with Gasteiger partial charge in [-0.25, -0.2) is 8.42 Å². The van der Waals surface area contributed by atoms with Crippen molar-refractivity contribution in [2.24, 2.45) is 0 Å². The van der Waals surface area contributed by atoms with Crippen LogP contribution in [0.25, 0.3) is 0 Å². The number of aryl methyl sites for hydroxylation is 1. The highest BCUT2D eigenvalue weighted by molar-refractivity contribution is 7.89. The van der Waals surface area contributed by atoms with Crippen LogP contribution >= 0.6 is 0 Å². The summed E-state index contributed by atoms with van der Waals surface area (Å²) in [7, 11) is -3.68. The standard InChI is InChI=1S/C20H23N3O5S/c1-14-9-10-15(29(27,28)23-11-5-2-6-12-23)13-17(14)20(26)22-21-19(25)16-7-3-4-8-18(16)24/h3-4,7-10,13,24H,2,5-6,11-12H2,1H3,(H,21,25)(H,22,26). The van der Waals surface area contributed by atoms with E-state index < -0.39 is 21.8 Å². The Kier molecular flexibility index (Phi) is 6.19. The molecule has 1 aliphatic rings. The van der Waals surface area contributed by atoms with Gasteiger partial charge in [-0.05, 0) is 49.6 Å². The number of nitrogens with one attached hydrogen (secondary N) is 2. The predicted molar refractivity (Wildman–Crippen MR) is 107 cm³/mol. The first-order valence-electron chi connectivity index (χ1n) is 9.30. The molecule has 8 nitrogen and oxygen atoms in total. The summed E-state index contributed by atoms with van der Waals surface area (Å²) in [6.07, 6.45) is 2.64. The van der Waals surface area contributed by atoms with Crippen molar-refractivity contribution in [3.63, 3.8) is 0 Å². The van der Waals surface area contributed by atoms with Gasteiger partial charge in [-0.1, -0.05) is 24.6 Å². The molecular formula is C20H23N3O5S. The average Bonchev–Trinajstić information content (AvgIpc) is 2.73. The van der Waals surface area contributed by atoms with Crippen LogP contribution in [0.3, 0.4) is 0 Å². The number of benzene rings is 2. The molecule has 154 valence electrons. The summed E-state index contributed by atoms with van der Waals surface area (Å²) >= 11 is 0. The Bertz CT molecular complexity index is 1030. The minimum atomic E-state index is -3.68. The molecule has 1 saturated heterocycles. The maximum Gasteiger partial charge on any atom is 0.273 e. The zero-order valence-electron chi connectivity index (χ0n) is 16.0. The number of amides is 2. The van der Waals surface area contributed by atoms with E-state index in [0.717, 1.165) is 19.3 Å². The van der Waals surface area contributed by atoms with Crippen molar-refractivity contribution < 1.29 is 23.1 Å².